The van der Waals surface area contributed by atoms with Crippen molar-refractivity contribution in [2.45, 2.75) is 26.3 Å². The van der Waals surface area contributed by atoms with Gasteiger partial charge < -0.3 is 9.15 Å². The van der Waals surface area contributed by atoms with Crippen LogP contribution in [-0.4, -0.2) is 40.8 Å². The number of carbonyl (C=O) groups is 1. The first-order valence-corrected chi connectivity index (χ1v) is 8.13. The maximum absolute atomic E-state index is 13.7. The molecule has 2 aromatic rings. The fourth-order valence-corrected chi connectivity index (χ4v) is 2.84. The predicted molar refractivity (Wildman–Crippen MR) is 84.3 cm³/mol. The first-order chi connectivity index (χ1) is 11.7. The van der Waals surface area contributed by atoms with E-state index >= 15 is 0 Å². The molecule has 3 rings (SSSR count). The number of nitrogens with zero attached hydrogens (tertiary/aromatic N) is 3. The summed E-state index contributed by atoms with van der Waals surface area (Å²) < 4.78 is 24.4. The van der Waals surface area contributed by atoms with Crippen LogP contribution in [-0.2, 0) is 16.1 Å². The molecule has 1 aliphatic heterocycles. The molecule has 2 heterocycles. The number of halogens is 1. The molecule has 1 aromatic carbocycles. The number of likely N-dealkylation sites (tertiary alicyclic amines) is 1. The fraction of sp³-hybridized carbons (Fsp3) is 0.471. The minimum atomic E-state index is -0.386. The van der Waals surface area contributed by atoms with Crippen molar-refractivity contribution in [3.63, 3.8) is 0 Å². The molecule has 6 nitrogen and oxygen atoms in total. The molecule has 7 heteroatoms. The van der Waals surface area contributed by atoms with E-state index in [0.717, 1.165) is 25.9 Å². The van der Waals surface area contributed by atoms with Crippen LogP contribution in [0.4, 0.5) is 4.39 Å². The van der Waals surface area contributed by atoms with Crippen molar-refractivity contribution in [3.8, 4) is 11.5 Å². The lowest BCUT2D eigenvalue weighted by atomic mass is 9.97. The monoisotopic (exact) mass is 333 g/mol. The number of hydrogen-bond acceptors (Lipinski definition) is 6. The van der Waals surface area contributed by atoms with Crippen LogP contribution in [0.2, 0.25) is 0 Å². The van der Waals surface area contributed by atoms with Gasteiger partial charge in [0.25, 0.3) is 5.89 Å². The van der Waals surface area contributed by atoms with E-state index in [2.05, 4.69) is 15.1 Å². The summed E-state index contributed by atoms with van der Waals surface area (Å²) in [5, 5.41) is 7.92. The highest BCUT2D eigenvalue weighted by atomic mass is 19.1. The van der Waals surface area contributed by atoms with Gasteiger partial charge in [0, 0.05) is 0 Å². The molecule has 0 saturated carbocycles. The van der Waals surface area contributed by atoms with Crippen LogP contribution in [0.15, 0.2) is 28.7 Å². The van der Waals surface area contributed by atoms with Gasteiger partial charge in [0.15, 0.2) is 0 Å². The van der Waals surface area contributed by atoms with Gasteiger partial charge in [-0.25, -0.2) is 4.39 Å². The lowest BCUT2D eigenvalue weighted by Crippen LogP contribution is -2.36. The Hall–Kier alpha value is -2.28. The van der Waals surface area contributed by atoms with Crippen LogP contribution < -0.4 is 0 Å². The third-order valence-corrected chi connectivity index (χ3v) is 4.14. The normalized spacial score (nSPS) is 16.2. The zero-order chi connectivity index (χ0) is 16.9. The van der Waals surface area contributed by atoms with Crippen molar-refractivity contribution >= 4 is 5.97 Å². The first-order valence-electron chi connectivity index (χ1n) is 8.13. The van der Waals surface area contributed by atoms with Gasteiger partial charge in [-0.05, 0) is 45.0 Å². The standard InChI is InChI=1S/C17H20FN3O3/c1-2-23-17(22)12-7-9-21(10-8-12)11-15-19-20-16(24-15)13-5-3-4-6-14(13)18/h3-6,12H,2,7-11H2,1H3. The van der Waals surface area contributed by atoms with Crippen molar-refractivity contribution < 1.29 is 18.3 Å². The second kappa shape index (κ2) is 7.53. The Morgan fingerprint density at radius 1 is 1.33 bits per heavy atom. The quantitative estimate of drug-likeness (QED) is 0.784. The van der Waals surface area contributed by atoms with Crippen molar-refractivity contribution in [1.29, 1.82) is 0 Å². The van der Waals surface area contributed by atoms with E-state index in [1.165, 1.54) is 6.07 Å². The zero-order valence-electron chi connectivity index (χ0n) is 13.6. The average molecular weight is 333 g/mol. The van der Waals surface area contributed by atoms with E-state index in [-0.39, 0.29) is 23.6 Å². The van der Waals surface area contributed by atoms with Crippen LogP contribution in [0.25, 0.3) is 11.5 Å². The number of hydrogen-bond donors (Lipinski definition) is 0. The summed E-state index contributed by atoms with van der Waals surface area (Å²) >= 11 is 0. The fourth-order valence-electron chi connectivity index (χ4n) is 2.84. The van der Waals surface area contributed by atoms with Gasteiger partial charge in [-0.2, -0.15) is 0 Å². The lowest BCUT2D eigenvalue weighted by molar-refractivity contribution is -0.149. The van der Waals surface area contributed by atoms with Gasteiger partial charge in [-0.3, -0.25) is 9.69 Å². The summed E-state index contributed by atoms with van der Waals surface area (Å²) in [6.07, 6.45) is 1.51. The number of rotatable bonds is 5. The molecule has 0 amide bonds. The molecule has 1 saturated heterocycles. The van der Waals surface area contributed by atoms with E-state index in [1.807, 2.05) is 6.92 Å². The maximum Gasteiger partial charge on any atom is 0.309 e. The minimum absolute atomic E-state index is 0.0298. The molecular weight excluding hydrogens is 313 g/mol. The van der Waals surface area contributed by atoms with Gasteiger partial charge in [0.1, 0.15) is 5.82 Å². The molecule has 128 valence electrons. The number of carbonyl (C=O) groups excluding carboxylic acids is 1. The summed E-state index contributed by atoms with van der Waals surface area (Å²) in [4.78, 5) is 13.9. The molecule has 0 N–H and O–H groups in total. The van der Waals surface area contributed by atoms with Crippen LogP contribution in [0, 0.1) is 11.7 Å². The Morgan fingerprint density at radius 2 is 2.08 bits per heavy atom. The van der Waals surface area contributed by atoms with E-state index in [9.17, 15) is 9.18 Å². The molecule has 0 spiro atoms. The van der Waals surface area contributed by atoms with Crippen molar-refractivity contribution in [3.05, 3.63) is 36.0 Å². The number of aromatic nitrogens is 2. The van der Waals surface area contributed by atoms with Gasteiger partial charge in [0.05, 0.1) is 24.6 Å². The Labute approximate surface area is 139 Å². The second-order valence-electron chi connectivity index (χ2n) is 5.78. The van der Waals surface area contributed by atoms with Crippen LogP contribution in [0.3, 0.4) is 0 Å². The van der Waals surface area contributed by atoms with Gasteiger partial charge in [-0.15, -0.1) is 10.2 Å². The average Bonchev–Trinajstić information content (AvgIpc) is 3.04. The van der Waals surface area contributed by atoms with E-state index in [4.69, 9.17) is 9.15 Å². The zero-order valence-corrected chi connectivity index (χ0v) is 13.6. The Morgan fingerprint density at radius 3 is 2.79 bits per heavy atom. The maximum atomic E-state index is 13.7. The predicted octanol–water partition coefficient (Wildman–Crippen LogP) is 2.65. The molecule has 0 aliphatic carbocycles. The van der Waals surface area contributed by atoms with E-state index in [1.54, 1.807) is 18.2 Å². The number of piperidine rings is 1. The summed E-state index contributed by atoms with van der Waals surface area (Å²) in [7, 11) is 0. The first kappa shape index (κ1) is 16.6. The molecule has 1 aromatic heterocycles. The molecule has 0 atom stereocenters. The third-order valence-electron chi connectivity index (χ3n) is 4.14. The molecule has 0 bridgehead atoms. The lowest BCUT2D eigenvalue weighted by Gasteiger charge is -2.29. The number of esters is 1. The van der Waals surface area contributed by atoms with Crippen LogP contribution in [0.1, 0.15) is 25.7 Å². The molecule has 1 fully saturated rings. The summed E-state index contributed by atoms with van der Waals surface area (Å²) in [5.74, 6) is 0.102. The van der Waals surface area contributed by atoms with Crippen molar-refractivity contribution in [1.82, 2.24) is 15.1 Å². The van der Waals surface area contributed by atoms with Crippen LogP contribution in [0.5, 0.6) is 0 Å². The molecular formula is C17H20FN3O3. The van der Waals surface area contributed by atoms with Gasteiger partial charge >= 0.3 is 5.97 Å². The summed E-state index contributed by atoms with van der Waals surface area (Å²) in [5.41, 5.74) is 0.303. The molecule has 0 radical (unpaired) electrons. The SMILES string of the molecule is CCOC(=O)C1CCN(Cc2nnc(-c3ccccc3F)o2)CC1. The van der Waals surface area contributed by atoms with Crippen molar-refractivity contribution in [2.75, 3.05) is 19.7 Å². The Kier molecular flexibility index (Phi) is 5.20. The van der Waals surface area contributed by atoms with Gasteiger partial charge in [-0.1, -0.05) is 12.1 Å². The highest BCUT2D eigenvalue weighted by Crippen LogP contribution is 2.23. The van der Waals surface area contributed by atoms with E-state index in [0.29, 0.717) is 24.6 Å². The smallest absolute Gasteiger partial charge is 0.309 e. The van der Waals surface area contributed by atoms with Crippen LogP contribution >= 0.6 is 0 Å². The van der Waals surface area contributed by atoms with Crippen molar-refractivity contribution in [2.24, 2.45) is 5.92 Å². The molecule has 24 heavy (non-hydrogen) atoms. The largest absolute Gasteiger partial charge is 0.466 e. The third kappa shape index (κ3) is 3.79. The summed E-state index contributed by atoms with van der Waals surface area (Å²) in [6, 6.07) is 6.31. The van der Waals surface area contributed by atoms with E-state index < -0.39 is 0 Å². The number of ether oxygens (including phenoxy) is 1. The second-order valence-corrected chi connectivity index (χ2v) is 5.78. The highest BCUT2D eigenvalue weighted by molar-refractivity contribution is 5.72. The topological polar surface area (TPSA) is 68.5 Å². The Bertz CT molecular complexity index is 696. The Balaban J connectivity index is 1.57. The highest BCUT2D eigenvalue weighted by Gasteiger charge is 2.26. The molecule has 0 unspecified atom stereocenters. The minimum Gasteiger partial charge on any atom is -0.466 e. The molecule has 1 aliphatic rings. The summed E-state index contributed by atoms with van der Waals surface area (Å²) in [6.45, 7) is 4.26. The van der Waals surface area contributed by atoms with Gasteiger partial charge in [0.2, 0.25) is 5.89 Å². The number of benzene rings is 1.